The van der Waals surface area contributed by atoms with Gasteiger partial charge in [0.25, 0.3) is 0 Å². The molecule has 2 amide bonds. The Bertz CT molecular complexity index is 520. The van der Waals surface area contributed by atoms with Crippen molar-refractivity contribution in [1.82, 2.24) is 0 Å². The summed E-state index contributed by atoms with van der Waals surface area (Å²) in [6.45, 7) is 2.26. The first-order valence-electron chi connectivity index (χ1n) is 6.27. The fourth-order valence-corrected chi connectivity index (χ4v) is 2.31. The van der Waals surface area contributed by atoms with Gasteiger partial charge in [0, 0.05) is 6.42 Å². The zero-order valence-corrected chi connectivity index (χ0v) is 10.4. The number of hydrogen-bond acceptors (Lipinski definition) is 2. The summed E-state index contributed by atoms with van der Waals surface area (Å²) < 4.78 is 0. The zero-order chi connectivity index (χ0) is 12.8. The molecule has 1 aromatic carbocycles. The fraction of sp³-hybridized carbons (Fsp3) is 0.429. The molecule has 1 aromatic rings. The molecule has 4 heteroatoms. The first-order chi connectivity index (χ1) is 8.57. The maximum atomic E-state index is 12.3. The number of carbonyl (C=O) groups is 2. The quantitative estimate of drug-likeness (QED) is 0.866. The Balaban J connectivity index is 1.87. The van der Waals surface area contributed by atoms with Crippen molar-refractivity contribution < 1.29 is 9.59 Å². The van der Waals surface area contributed by atoms with Crippen molar-refractivity contribution in [2.75, 3.05) is 16.8 Å². The molecule has 1 fully saturated rings. The Hall–Kier alpha value is -1.84. The Morgan fingerprint density at radius 1 is 1.39 bits per heavy atom. The van der Waals surface area contributed by atoms with Gasteiger partial charge >= 0.3 is 0 Å². The average Bonchev–Trinajstić information content (AvgIpc) is 3.05. The van der Waals surface area contributed by atoms with Crippen LogP contribution in [0.3, 0.4) is 0 Å². The van der Waals surface area contributed by atoms with Crippen LogP contribution in [0, 0.1) is 5.41 Å². The van der Waals surface area contributed by atoms with E-state index >= 15 is 0 Å². The van der Waals surface area contributed by atoms with E-state index in [4.69, 9.17) is 0 Å². The van der Waals surface area contributed by atoms with Gasteiger partial charge in [-0.3, -0.25) is 9.59 Å². The molecule has 4 nitrogen and oxygen atoms in total. The predicted octanol–water partition coefficient (Wildman–Crippen LogP) is 2.16. The molecule has 1 heterocycles. The number of nitrogens with zero attached hydrogens (tertiary/aromatic N) is 1. The molecule has 3 rings (SSSR count). The summed E-state index contributed by atoms with van der Waals surface area (Å²) in [5.41, 5.74) is 1.70. The third-order valence-electron chi connectivity index (χ3n) is 3.75. The summed E-state index contributed by atoms with van der Waals surface area (Å²) in [7, 11) is 0. The Labute approximate surface area is 106 Å². The van der Waals surface area contributed by atoms with Gasteiger partial charge in [0.2, 0.25) is 11.8 Å². The van der Waals surface area contributed by atoms with Crippen LogP contribution in [0.4, 0.5) is 11.4 Å². The molecule has 0 atom stereocenters. The molecule has 0 unspecified atom stereocenters. The first kappa shape index (κ1) is 11.3. The van der Waals surface area contributed by atoms with Gasteiger partial charge < -0.3 is 10.2 Å². The smallest absolute Gasteiger partial charge is 0.244 e. The van der Waals surface area contributed by atoms with Crippen LogP contribution < -0.4 is 10.2 Å². The lowest BCUT2D eigenvalue weighted by molar-refractivity contribution is -0.122. The normalized spacial score (nSPS) is 20.1. The summed E-state index contributed by atoms with van der Waals surface area (Å²) in [5, 5.41) is 2.79. The number of fused-ring (bicyclic) bond motifs is 1. The number of carbonyl (C=O) groups excluding carboxylic acids is 2. The highest BCUT2D eigenvalue weighted by atomic mass is 16.2. The van der Waals surface area contributed by atoms with Crippen molar-refractivity contribution >= 4 is 23.2 Å². The number of amides is 2. The fourth-order valence-electron chi connectivity index (χ4n) is 2.31. The van der Waals surface area contributed by atoms with Gasteiger partial charge in [-0.2, -0.15) is 0 Å². The van der Waals surface area contributed by atoms with Crippen LogP contribution in [0.2, 0.25) is 0 Å². The molecule has 0 radical (unpaired) electrons. The minimum atomic E-state index is -0.122. The summed E-state index contributed by atoms with van der Waals surface area (Å²) in [4.78, 5) is 25.5. The Morgan fingerprint density at radius 2 is 2.11 bits per heavy atom. The van der Waals surface area contributed by atoms with Gasteiger partial charge in [0.05, 0.1) is 11.4 Å². The van der Waals surface area contributed by atoms with E-state index in [1.165, 1.54) is 0 Å². The van der Waals surface area contributed by atoms with Gasteiger partial charge in [0.1, 0.15) is 6.54 Å². The molecular formula is C14H16N2O2. The monoisotopic (exact) mass is 244 g/mol. The maximum Gasteiger partial charge on any atom is 0.244 e. The molecule has 1 saturated carbocycles. The van der Waals surface area contributed by atoms with Crippen molar-refractivity contribution in [3.05, 3.63) is 24.3 Å². The van der Waals surface area contributed by atoms with E-state index in [9.17, 15) is 9.59 Å². The van der Waals surface area contributed by atoms with Gasteiger partial charge in [-0.15, -0.1) is 0 Å². The summed E-state index contributed by atoms with van der Waals surface area (Å²) in [6.07, 6.45) is 2.76. The maximum absolute atomic E-state index is 12.3. The number of nitrogens with one attached hydrogen (secondary N) is 1. The van der Waals surface area contributed by atoms with Gasteiger partial charge in [-0.1, -0.05) is 19.1 Å². The molecule has 0 spiro atoms. The second-order valence-electron chi connectivity index (χ2n) is 5.53. The molecule has 0 aromatic heterocycles. The largest absolute Gasteiger partial charge is 0.323 e. The topological polar surface area (TPSA) is 49.4 Å². The summed E-state index contributed by atoms with van der Waals surface area (Å²) >= 11 is 0. The van der Waals surface area contributed by atoms with Gasteiger partial charge in [-0.25, -0.2) is 0 Å². The van der Waals surface area contributed by atoms with Gasteiger partial charge in [-0.05, 0) is 30.4 Å². The van der Waals surface area contributed by atoms with Gasteiger partial charge in [0.15, 0.2) is 0 Å². The third kappa shape index (κ3) is 1.98. The van der Waals surface area contributed by atoms with Crippen LogP contribution >= 0.6 is 0 Å². The minimum absolute atomic E-state index is 0.0531. The van der Waals surface area contributed by atoms with Crippen LogP contribution in [-0.2, 0) is 9.59 Å². The van der Waals surface area contributed by atoms with E-state index in [1.54, 1.807) is 4.90 Å². The third-order valence-corrected chi connectivity index (χ3v) is 3.75. The molecule has 1 N–H and O–H groups in total. The lowest BCUT2D eigenvalue weighted by Crippen LogP contribution is -2.42. The second-order valence-corrected chi connectivity index (χ2v) is 5.53. The predicted molar refractivity (Wildman–Crippen MR) is 69.4 cm³/mol. The van der Waals surface area contributed by atoms with Crippen LogP contribution in [0.25, 0.3) is 0 Å². The summed E-state index contributed by atoms with van der Waals surface area (Å²) in [6, 6.07) is 7.44. The van der Waals surface area contributed by atoms with Crippen LogP contribution in [-0.4, -0.2) is 18.4 Å². The molecule has 0 saturated heterocycles. The Kier molecular flexibility index (Phi) is 2.40. The van der Waals surface area contributed by atoms with Crippen molar-refractivity contribution in [1.29, 1.82) is 0 Å². The van der Waals surface area contributed by atoms with Crippen molar-refractivity contribution in [3.8, 4) is 0 Å². The molecular weight excluding hydrogens is 228 g/mol. The molecule has 18 heavy (non-hydrogen) atoms. The van der Waals surface area contributed by atoms with E-state index in [-0.39, 0.29) is 23.8 Å². The highest BCUT2D eigenvalue weighted by molar-refractivity contribution is 6.10. The van der Waals surface area contributed by atoms with E-state index in [2.05, 4.69) is 12.2 Å². The summed E-state index contributed by atoms with van der Waals surface area (Å²) in [5.74, 6) is -0.0692. The minimum Gasteiger partial charge on any atom is -0.323 e. The van der Waals surface area contributed by atoms with Crippen LogP contribution in [0.5, 0.6) is 0 Å². The molecule has 1 aliphatic carbocycles. The first-order valence-corrected chi connectivity index (χ1v) is 6.27. The lowest BCUT2D eigenvalue weighted by atomic mass is 10.0. The Morgan fingerprint density at radius 3 is 2.83 bits per heavy atom. The average molecular weight is 244 g/mol. The number of benzene rings is 1. The van der Waals surface area contributed by atoms with E-state index in [1.807, 2.05) is 24.3 Å². The SMILES string of the molecule is CC1(CC(=O)N2CC(=O)Nc3ccccc32)CC1. The highest BCUT2D eigenvalue weighted by Gasteiger charge is 2.41. The van der Waals surface area contributed by atoms with E-state index < -0.39 is 0 Å². The number of hydrogen-bond donors (Lipinski definition) is 1. The lowest BCUT2D eigenvalue weighted by Gasteiger charge is -2.30. The van der Waals surface area contributed by atoms with E-state index in [0.717, 1.165) is 24.2 Å². The zero-order valence-electron chi connectivity index (χ0n) is 10.4. The van der Waals surface area contributed by atoms with Crippen molar-refractivity contribution in [2.45, 2.75) is 26.2 Å². The number of rotatable bonds is 2. The second kappa shape index (κ2) is 3.83. The molecule has 94 valence electrons. The number of anilines is 2. The molecule has 2 aliphatic rings. The van der Waals surface area contributed by atoms with E-state index in [0.29, 0.717) is 6.42 Å². The highest BCUT2D eigenvalue weighted by Crippen LogP contribution is 2.48. The van der Waals surface area contributed by atoms with Crippen molar-refractivity contribution in [2.24, 2.45) is 5.41 Å². The standard InChI is InChI=1S/C14H16N2O2/c1-14(6-7-14)8-13(18)16-9-12(17)15-10-4-2-3-5-11(10)16/h2-5H,6-9H2,1H3,(H,15,17). The van der Waals surface area contributed by atoms with Crippen molar-refractivity contribution in [3.63, 3.8) is 0 Å². The van der Waals surface area contributed by atoms with Crippen LogP contribution in [0.15, 0.2) is 24.3 Å². The number of para-hydroxylation sites is 2. The molecule has 0 bridgehead atoms. The van der Waals surface area contributed by atoms with Crippen LogP contribution in [0.1, 0.15) is 26.2 Å². The molecule has 1 aliphatic heterocycles.